The first kappa shape index (κ1) is 8.66. The van der Waals surface area contributed by atoms with Gasteiger partial charge in [-0.25, -0.2) is 0 Å². The summed E-state index contributed by atoms with van der Waals surface area (Å²) in [5.41, 5.74) is -0.266. The molecule has 0 aliphatic carbocycles. The topological polar surface area (TPSA) is 47.9 Å². The molecule has 0 heterocycles. The van der Waals surface area contributed by atoms with E-state index in [1.807, 2.05) is 0 Å². The maximum absolute atomic E-state index is 10.6. The van der Waals surface area contributed by atoms with Crippen LogP contribution in [-0.2, 0) is 6.37 Å². The lowest BCUT2D eigenvalue weighted by atomic mass is 10.0. The highest BCUT2D eigenvalue weighted by Crippen LogP contribution is 2.28. The fraction of sp³-hybridized carbons (Fsp3) is 0.455. The molecule has 1 unspecified atom stereocenters. The zero-order valence-corrected chi connectivity index (χ0v) is 15.1. The van der Waals surface area contributed by atoms with Gasteiger partial charge in [0.05, 0.1) is 29.9 Å². The Morgan fingerprint density at radius 3 is 2.58 bits per heavy atom. The summed E-state index contributed by atoms with van der Waals surface area (Å²) in [6.07, 6.45) is -14.5. The molecule has 2 aromatic carbocycles. The van der Waals surface area contributed by atoms with Crippen LogP contribution < -0.4 is 14.2 Å². The van der Waals surface area contributed by atoms with Crippen LogP contribution in [0.4, 0.5) is 0 Å². The molecular weight excluding hydrogens is 328 g/mol. The minimum Gasteiger partial charge on any atom is -0.493 e. The number of aliphatic hydroxyl groups is 1. The molecule has 0 saturated heterocycles. The largest absolute Gasteiger partial charge is 0.493 e. The van der Waals surface area contributed by atoms with Crippen LogP contribution in [0.25, 0.3) is 0 Å². The second-order valence-corrected chi connectivity index (χ2v) is 5.16. The third-order valence-corrected chi connectivity index (χ3v) is 3.33. The molecule has 0 fully saturated rings. The Morgan fingerprint density at radius 2 is 1.85 bits per heavy atom. The van der Waals surface area contributed by atoms with Crippen molar-refractivity contribution in [3.8, 4) is 17.2 Å². The predicted molar refractivity (Wildman–Crippen MR) is 105 cm³/mol. The Labute approximate surface area is 175 Å². The summed E-state index contributed by atoms with van der Waals surface area (Å²) in [6.45, 7) is 1.83. The van der Waals surface area contributed by atoms with Crippen LogP contribution in [0.5, 0.6) is 17.2 Å². The van der Waals surface area contributed by atoms with Gasteiger partial charge in [-0.2, -0.15) is 0 Å². The summed E-state index contributed by atoms with van der Waals surface area (Å²) in [5.74, 6) is -1.25. The molecule has 0 amide bonds. The Morgan fingerprint density at radius 1 is 1.08 bits per heavy atom. The van der Waals surface area contributed by atoms with E-state index in [1.54, 1.807) is 0 Å². The summed E-state index contributed by atoms with van der Waals surface area (Å²) in [5, 5.41) is 10.6. The van der Waals surface area contributed by atoms with Gasteiger partial charge in [-0.15, -0.1) is 0 Å². The van der Waals surface area contributed by atoms with E-state index >= 15 is 0 Å². The van der Waals surface area contributed by atoms with E-state index in [9.17, 15) is 5.11 Å². The van der Waals surface area contributed by atoms with Crippen molar-refractivity contribution in [2.24, 2.45) is 0 Å². The van der Waals surface area contributed by atoms with Crippen molar-refractivity contribution in [2.45, 2.75) is 45.5 Å². The molecule has 4 nitrogen and oxygen atoms in total. The minimum atomic E-state index is -3.29. The molecule has 2 aromatic rings. The highest BCUT2D eigenvalue weighted by molar-refractivity contribution is 5.42. The second-order valence-electron chi connectivity index (χ2n) is 5.16. The number of benzene rings is 2. The van der Waals surface area contributed by atoms with Crippen LogP contribution in [0, 0.1) is 13.8 Å². The van der Waals surface area contributed by atoms with Crippen molar-refractivity contribution < 1.29 is 37.1 Å². The highest BCUT2D eigenvalue weighted by Gasteiger charge is 2.07. The number of rotatable bonds is 10. The van der Waals surface area contributed by atoms with Gasteiger partial charge < -0.3 is 19.3 Å². The number of methoxy groups -OCH3 is 2. The van der Waals surface area contributed by atoms with E-state index in [2.05, 4.69) is 0 Å². The molecule has 1 N–H and O–H groups in total. The maximum atomic E-state index is 10.6. The molecule has 142 valence electrons. The normalized spacial score (nSPS) is 22.0. The Bertz CT molecular complexity index is 1230. The van der Waals surface area contributed by atoms with E-state index in [0.717, 1.165) is 14.2 Å². The van der Waals surface area contributed by atoms with Gasteiger partial charge in [0.1, 0.15) is 12.4 Å². The van der Waals surface area contributed by atoms with Crippen LogP contribution in [0.15, 0.2) is 36.3 Å². The van der Waals surface area contributed by atoms with Gasteiger partial charge in [0.2, 0.25) is 0 Å². The molecule has 0 saturated carbocycles. The van der Waals surface area contributed by atoms with E-state index in [1.165, 1.54) is 13.8 Å². The molecule has 26 heavy (non-hydrogen) atoms. The minimum absolute atomic E-state index is 0.263. The maximum Gasteiger partial charge on any atom is 0.160 e. The van der Waals surface area contributed by atoms with Gasteiger partial charge in [-0.3, -0.25) is 0 Å². The highest BCUT2D eigenvalue weighted by atomic mass is 16.5. The lowest BCUT2D eigenvalue weighted by Crippen LogP contribution is -2.17. The zero-order chi connectivity index (χ0) is 30.5. The van der Waals surface area contributed by atoms with Gasteiger partial charge in [-0.1, -0.05) is 18.5 Å². The van der Waals surface area contributed by atoms with Gasteiger partial charge in [0.15, 0.2) is 11.5 Å². The van der Waals surface area contributed by atoms with Crippen molar-refractivity contribution in [1.82, 2.24) is 0 Å². The fourth-order valence-electron chi connectivity index (χ4n) is 1.81. The first-order valence-electron chi connectivity index (χ1n) is 14.3. The molecule has 0 radical (unpaired) electrons. The van der Waals surface area contributed by atoms with Crippen molar-refractivity contribution in [3.63, 3.8) is 0 Å². The van der Waals surface area contributed by atoms with Crippen LogP contribution >= 0.6 is 0 Å². The van der Waals surface area contributed by atoms with Gasteiger partial charge in [-0.05, 0) is 73.8 Å². The molecule has 0 bridgehead atoms. The van der Waals surface area contributed by atoms with Gasteiger partial charge in [0.25, 0.3) is 0 Å². The lowest BCUT2D eigenvalue weighted by molar-refractivity contribution is 0.0976. The van der Waals surface area contributed by atoms with E-state index in [0.29, 0.717) is 11.1 Å². The summed E-state index contributed by atoms with van der Waals surface area (Å²) in [7, 11) is 2.25. The first-order chi connectivity index (χ1) is 17.6. The molecule has 2 rings (SSSR count). The SMILES string of the molecule is [2H]c1c([2H])c(OCC([2H])(O)C([2H])([2H])CC([2H])([2H])C([2H])([2H])c2c([2H])c([2H])c(OC)c(OC)c2[2H])c([2H])c(C)c1C. The standard InChI is InChI=1S/C22H30O4/c1-16-9-11-20(13-17(16)2)26-15-19(23)8-6-5-7-18-10-12-21(24-3)22(14-18)25-4/h9-14,19,23H,5-8,15H2,1-4H3/i5D2,7D2,8D2,9D,10D,11D,12D,13D,14D,19D. The van der Waals surface area contributed by atoms with E-state index in [4.69, 9.17) is 32.0 Å². The average molecular weight is 372 g/mol. The van der Waals surface area contributed by atoms with Crippen LogP contribution in [0.3, 0.4) is 0 Å². The number of hydrogen-bond acceptors (Lipinski definition) is 4. The van der Waals surface area contributed by atoms with Crippen molar-refractivity contribution in [2.75, 3.05) is 20.8 Å². The Balaban J connectivity index is 2.47. The molecule has 0 aromatic heterocycles. The number of ether oxygens (including phenoxy) is 3. The third-order valence-electron chi connectivity index (χ3n) is 3.33. The molecule has 0 aliphatic heterocycles. The Hall–Kier alpha value is -2.20. The molecule has 0 aliphatic rings. The average Bonchev–Trinajstić information content (AvgIpc) is 2.82. The monoisotopic (exact) mass is 371 g/mol. The van der Waals surface area contributed by atoms with Crippen LogP contribution in [0.1, 0.15) is 53.7 Å². The van der Waals surface area contributed by atoms with Crippen molar-refractivity contribution in [1.29, 1.82) is 0 Å². The van der Waals surface area contributed by atoms with Crippen LogP contribution in [0.2, 0.25) is 0 Å². The summed E-state index contributed by atoms with van der Waals surface area (Å²) >= 11 is 0. The summed E-state index contributed by atoms with van der Waals surface area (Å²) in [4.78, 5) is 0. The fourth-order valence-corrected chi connectivity index (χ4v) is 1.81. The van der Waals surface area contributed by atoms with Crippen molar-refractivity contribution >= 4 is 0 Å². The Kier molecular flexibility index (Phi) is 3.35. The van der Waals surface area contributed by atoms with E-state index < -0.39 is 79.5 Å². The van der Waals surface area contributed by atoms with Gasteiger partial charge in [0, 0.05) is 8.22 Å². The lowest BCUT2D eigenvalue weighted by Gasteiger charge is -2.13. The second kappa shape index (κ2) is 10.1. The quantitative estimate of drug-likeness (QED) is 0.669. The third kappa shape index (κ3) is 5.95. The van der Waals surface area contributed by atoms with Gasteiger partial charge >= 0.3 is 0 Å². The zero-order valence-electron chi connectivity index (χ0n) is 28.1. The van der Waals surface area contributed by atoms with Crippen LogP contribution in [-0.4, -0.2) is 32.0 Å². The number of hydrogen-bond donors (Lipinski definition) is 1. The van der Waals surface area contributed by atoms with E-state index in [-0.39, 0.29) is 17.8 Å². The smallest absolute Gasteiger partial charge is 0.160 e. The van der Waals surface area contributed by atoms with Crippen molar-refractivity contribution in [3.05, 3.63) is 52.9 Å². The molecule has 4 heteroatoms. The molecule has 0 spiro atoms. The molecular formula is C22H30O4. The predicted octanol–water partition coefficient (Wildman–Crippen LogP) is 4.47. The summed E-state index contributed by atoms with van der Waals surface area (Å²) < 4.78 is 122. The molecule has 1 atom stereocenters. The summed E-state index contributed by atoms with van der Waals surface area (Å²) in [6, 6.07) is -3.45. The first-order valence-corrected chi connectivity index (χ1v) is 7.75.